The maximum atomic E-state index is 5.24. The minimum Gasteiger partial charge on any atom is -0.497 e. The Morgan fingerprint density at radius 3 is 2.68 bits per heavy atom. The van der Waals surface area contributed by atoms with Crippen LogP contribution in [0.15, 0.2) is 29.3 Å². The molecule has 8 heteroatoms. The van der Waals surface area contributed by atoms with E-state index in [9.17, 15) is 0 Å². The van der Waals surface area contributed by atoms with Crippen molar-refractivity contribution < 1.29 is 4.74 Å². The van der Waals surface area contributed by atoms with Crippen molar-refractivity contribution in [2.75, 3.05) is 26.7 Å². The molecule has 1 fully saturated rings. The highest BCUT2D eigenvalue weighted by atomic mass is 16.5. The molecule has 1 aliphatic rings. The number of hydrogen-bond acceptors (Lipinski definition) is 5. The topological polar surface area (TPSA) is 79.6 Å². The summed E-state index contributed by atoms with van der Waals surface area (Å²) < 4.78 is 7.24. The molecule has 3 rings (SSSR count). The van der Waals surface area contributed by atoms with Crippen LogP contribution in [0.5, 0.6) is 5.75 Å². The van der Waals surface area contributed by atoms with E-state index in [1.807, 2.05) is 42.8 Å². The number of aryl methyl sites for hydroxylation is 1. The highest BCUT2D eigenvalue weighted by molar-refractivity contribution is 5.79. The number of guanidine groups is 1. The van der Waals surface area contributed by atoms with Crippen LogP contribution in [0, 0.1) is 6.92 Å². The predicted octanol–water partition coefficient (Wildman–Crippen LogP) is 2.63. The summed E-state index contributed by atoms with van der Waals surface area (Å²) in [6, 6.07) is 8.74. The van der Waals surface area contributed by atoms with Gasteiger partial charge in [-0.1, -0.05) is 25.5 Å². The largest absolute Gasteiger partial charge is 0.497 e. The molecule has 8 nitrogen and oxygen atoms in total. The highest BCUT2D eigenvalue weighted by Gasteiger charge is 2.20. The maximum Gasteiger partial charge on any atom is 0.192 e. The molecule has 0 amide bonds. The molecule has 170 valence electrons. The van der Waals surface area contributed by atoms with Crippen molar-refractivity contribution in [1.82, 2.24) is 30.3 Å². The molecule has 0 aliphatic carbocycles. The SMILES string of the molecule is CCC1CCCCN1CCNC(=NCc1ccc(OC)cc1)NCc1nnc(C)n1C. The van der Waals surface area contributed by atoms with Crippen molar-refractivity contribution in [2.24, 2.45) is 12.0 Å². The zero-order valence-corrected chi connectivity index (χ0v) is 19.4. The van der Waals surface area contributed by atoms with Crippen LogP contribution in [0.2, 0.25) is 0 Å². The number of aliphatic imine (C=N–C) groups is 1. The molecule has 1 unspecified atom stereocenters. The Bertz CT molecular complexity index is 831. The Hall–Kier alpha value is -2.61. The van der Waals surface area contributed by atoms with Gasteiger partial charge in [-0.05, 0) is 50.4 Å². The van der Waals surface area contributed by atoms with Crippen molar-refractivity contribution in [1.29, 1.82) is 0 Å². The van der Waals surface area contributed by atoms with E-state index in [1.54, 1.807) is 7.11 Å². The molecule has 0 bridgehead atoms. The summed E-state index contributed by atoms with van der Waals surface area (Å²) in [6.07, 6.45) is 5.20. The molecule has 1 aromatic carbocycles. The number of aromatic nitrogens is 3. The van der Waals surface area contributed by atoms with Gasteiger partial charge in [-0.25, -0.2) is 4.99 Å². The number of hydrogen-bond donors (Lipinski definition) is 2. The monoisotopic (exact) mass is 427 g/mol. The van der Waals surface area contributed by atoms with Gasteiger partial charge in [-0.2, -0.15) is 0 Å². The van der Waals surface area contributed by atoms with E-state index < -0.39 is 0 Å². The summed E-state index contributed by atoms with van der Waals surface area (Å²) in [5.74, 6) is 3.44. The van der Waals surface area contributed by atoms with Crippen LogP contribution in [-0.2, 0) is 20.1 Å². The zero-order chi connectivity index (χ0) is 22.1. The van der Waals surface area contributed by atoms with Crippen LogP contribution in [-0.4, -0.2) is 58.4 Å². The normalized spacial score (nSPS) is 17.5. The lowest BCUT2D eigenvalue weighted by Crippen LogP contribution is -2.46. The van der Waals surface area contributed by atoms with Crippen LogP contribution < -0.4 is 15.4 Å². The summed E-state index contributed by atoms with van der Waals surface area (Å²) in [7, 11) is 3.66. The van der Waals surface area contributed by atoms with Gasteiger partial charge in [-0.15, -0.1) is 10.2 Å². The smallest absolute Gasteiger partial charge is 0.192 e. The van der Waals surface area contributed by atoms with Gasteiger partial charge >= 0.3 is 0 Å². The van der Waals surface area contributed by atoms with E-state index in [2.05, 4.69) is 32.7 Å². The van der Waals surface area contributed by atoms with Crippen LogP contribution in [0.25, 0.3) is 0 Å². The first kappa shape index (κ1) is 23.1. The Labute approximate surface area is 186 Å². The summed E-state index contributed by atoms with van der Waals surface area (Å²) in [5, 5.41) is 15.3. The Kier molecular flexibility index (Phi) is 8.70. The van der Waals surface area contributed by atoms with Gasteiger partial charge in [-0.3, -0.25) is 4.90 Å². The molecule has 0 spiro atoms. The third-order valence-corrected chi connectivity index (χ3v) is 6.09. The highest BCUT2D eigenvalue weighted by Crippen LogP contribution is 2.18. The quantitative estimate of drug-likeness (QED) is 0.473. The summed E-state index contributed by atoms with van der Waals surface area (Å²) in [4.78, 5) is 7.42. The third-order valence-electron chi connectivity index (χ3n) is 6.09. The lowest BCUT2D eigenvalue weighted by Gasteiger charge is -2.35. The van der Waals surface area contributed by atoms with E-state index >= 15 is 0 Å². The predicted molar refractivity (Wildman–Crippen MR) is 124 cm³/mol. The van der Waals surface area contributed by atoms with Crippen molar-refractivity contribution in [3.63, 3.8) is 0 Å². The van der Waals surface area contributed by atoms with Gasteiger partial charge in [0.2, 0.25) is 0 Å². The first-order valence-electron chi connectivity index (χ1n) is 11.3. The molecule has 1 saturated heterocycles. The number of nitrogens with zero attached hydrogens (tertiary/aromatic N) is 5. The number of ether oxygens (including phenoxy) is 1. The molecule has 1 aromatic heterocycles. The van der Waals surface area contributed by atoms with E-state index in [0.717, 1.165) is 42.0 Å². The van der Waals surface area contributed by atoms with E-state index in [0.29, 0.717) is 19.1 Å². The fourth-order valence-corrected chi connectivity index (χ4v) is 3.98. The first-order valence-corrected chi connectivity index (χ1v) is 11.3. The number of methoxy groups -OCH3 is 1. The van der Waals surface area contributed by atoms with E-state index in [4.69, 9.17) is 9.73 Å². The van der Waals surface area contributed by atoms with Crippen LogP contribution in [0.3, 0.4) is 0 Å². The molecule has 1 aliphatic heterocycles. The minimum atomic E-state index is 0.576. The molecule has 0 saturated carbocycles. The van der Waals surface area contributed by atoms with E-state index in [1.165, 1.54) is 32.2 Å². The second kappa shape index (κ2) is 11.7. The number of rotatable bonds is 9. The number of likely N-dealkylation sites (tertiary alicyclic amines) is 1. The van der Waals surface area contributed by atoms with Crippen LogP contribution >= 0.6 is 0 Å². The van der Waals surface area contributed by atoms with Crippen molar-refractivity contribution in [2.45, 2.75) is 58.7 Å². The van der Waals surface area contributed by atoms with Gasteiger partial charge in [0.1, 0.15) is 11.6 Å². The van der Waals surface area contributed by atoms with Gasteiger partial charge in [0, 0.05) is 26.2 Å². The van der Waals surface area contributed by atoms with Crippen LogP contribution in [0.1, 0.15) is 49.8 Å². The standard InChI is InChI=1S/C23H37N7O/c1-5-20-8-6-7-14-30(20)15-13-24-23(26-17-22-28-27-18(2)29(22)3)25-16-19-9-11-21(31-4)12-10-19/h9-12,20H,5-8,13-17H2,1-4H3,(H2,24,25,26). The van der Waals surface area contributed by atoms with E-state index in [-0.39, 0.29) is 0 Å². The summed E-state index contributed by atoms with van der Waals surface area (Å²) >= 11 is 0. The number of piperidine rings is 1. The lowest BCUT2D eigenvalue weighted by molar-refractivity contribution is 0.147. The average Bonchev–Trinajstić information content (AvgIpc) is 3.13. The average molecular weight is 428 g/mol. The van der Waals surface area contributed by atoms with Crippen molar-refractivity contribution in [3.8, 4) is 5.75 Å². The summed E-state index contributed by atoms with van der Waals surface area (Å²) in [6.45, 7) is 8.52. The molecule has 0 radical (unpaired) electrons. The van der Waals surface area contributed by atoms with Gasteiger partial charge in [0.15, 0.2) is 11.8 Å². The third kappa shape index (κ3) is 6.69. The fourth-order valence-electron chi connectivity index (χ4n) is 3.98. The lowest BCUT2D eigenvalue weighted by atomic mass is 10.0. The fraction of sp³-hybridized carbons (Fsp3) is 0.609. The molecule has 31 heavy (non-hydrogen) atoms. The van der Waals surface area contributed by atoms with Gasteiger partial charge in [0.05, 0.1) is 20.2 Å². The van der Waals surface area contributed by atoms with Crippen molar-refractivity contribution in [3.05, 3.63) is 41.5 Å². The second-order valence-electron chi connectivity index (χ2n) is 8.11. The Morgan fingerprint density at radius 1 is 1.19 bits per heavy atom. The Morgan fingerprint density at radius 2 is 2.00 bits per heavy atom. The van der Waals surface area contributed by atoms with Gasteiger partial charge < -0.3 is 19.9 Å². The summed E-state index contributed by atoms with van der Waals surface area (Å²) in [5.41, 5.74) is 1.14. The minimum absolute atomic E-state index is 0.576. The number of nitrogens with one attached hydrogen (secondary N) is 2. The molecular formula is C23H37N7O. The first-order chi connectivity index (χ1) is 15.1. The molecule has 1 atom stereocenters. The maximum absolute atomic E-state index is 5.24. The van der Waals surface area contributed by atoms with Gasteiger partial charge in [0.25, 0.3) is 0 Å². The molecular weight excluding hydrogens is 390 g/mol. The Balaban J connectivity index is 1.60. The molecule has 2 heterocycles. The number of benzene rings is 1. The van der Waals surface area contributed by atoms with Crippen molar-refractivity contribution >= 4 is 5.96 Å². The second-order valence-corrected chi connectivity index (χ2v) is 8.11. The molecule has 2 aromatic rings. The van der Waals surface area contributed by atoms with Crippen LogP contribution in [0.4, 0.5) is 0 Å². The zero-order valence-electron chi connectivity index (χ0n) is 19.4. The molecule has 2 N–H and O–H groups in total.